The molecule has 3 aromatic rings. The molecule has 4 heteroatoms. The molecule has 27 heavy (non-hydrogen) atoms. The van der Waals surface area contributed by atoms with Crippen molar-refractivity contribution < 1.29 is 4.79 Å². The first-order valence-electron chi connectivity index (χ1n) is 9.08. The average Bonchev–Trinajstić information content (AvgIpc) is 2.68. The standard InChI is InChI=1S/C23H23N3O/c1-16-7-6-8-19(15-16)26-22(17-11-13-18(14-12-17)25(2)3)24-21-10-5-4-9-20(21)23(26)27/h4-15,22,24H,1-3H3/t22-/m0/s1. The number of hydrogen-bond donors (Lipinski definition) is 1. The summed E-state index contributed by atoms with van der Waals surface area (Å²) in [6.07, 6.45) is -0.259. The molecule has 136 valence electrons. The van der Waals surface area contributed by atoms with Gasteiger partial charge in [0.1, 0.15) is 6.17 Å². The number of anilines is 3. The van der Waals surface area contributed by atoms with Crippen LogP contribution in [0.15, 0.2) is 72.8 Å². The number of carbonyl (C=O) groups is 1. The Bertz CT molecular complexity index is 979. The van der Waals surface area contributed by atoms with Crippen molar-refractivity contribution in [2.45, 2.75) is 13.1 Å². The van der Waals surface area contributed by atoms with Crippen LogP contribution in [-0.4, -0.2) is 20.0 Å². The summed E-state index contributed by atoms with van der Waals surface area (Å²) in [5.74, 6) is 0.0108. The van der Waals surface area contributed by atoms with E-state index in [2.05, 4.69) is 40.5 Å². The Morgan fingerprint density at radius 1 is 0.926 bits per heavy atom. The van der Waals surface area contributed by atoms with Crippen molar-refractivity contribution >= 4 is 23.0 Å². The normalized spacial score (nSPS) is 15.9. The molecule has 4 nitrogen and oxygen atoms in total. The minimum absolute atomic E-state index is 0.0108. The number of nitrogens with one attached hydrogen (secondary N) is 1. The fraction of sp³-hybridized carbons (Fsp3) is 0.174. The molecule has 0 spiro atoms. The van der Waals surface area contributed by atoms with Gasteiger partial charge in [-0.15, -0.1) is 0 Å². The molecule has 0 saturated heterocycles. The molecule has 0 bridgehead atoms. The molecule has 1 atom stereocenters. The van der Waals surface area contributed by atoms with Crippen molar-refractivity contribution in [2.24, 2.45) is 0 Å². The van der Waals surface area contributed by atoms with E-state index >= 15 is 0 Å². The van der Waals surface area contributed by atoms with Gasteiger partial charge in [-0.25, -0.2) is 0 Å². The van der Waals surface area contributed by atoms with Gasteiger partial charge in [-0.1, -0.05) is 36.4 Å². The molecule has 0 saturated carbocycles. The van der Waals surface area contributed by atoms with Gasteiger partial charge >= 0.3 is 0 Å². The molecule has 0 fully saturated rings. The maximum absolute atomic E-state index is 13.4. The van der Waals surface area contributed by atoms with Crippen LogP contribution in [0.4, 0.5) is 17.1 Å². The summed E-state index contributed by atoms with van der Waals surface area (Å²) in [5, 5.41) is 3.55. The second kappa shape index (κ2) is 6.80. The zero-order valence-electron chi connectivity index (χ0n) is 15.8. The lowest BCUT2D eigenvalue weighted by Crippen LogP contribution is -2.43. The number of carbonyl (C=O) groups excluding carboxylic acids is 1. The van der Waals surface area contributed by atoms with E-state index in [1.807, 2.05) is 68.4 Å². The van der Waals surface area contributed by atoms with Crippen LogP contribution in [0.5, 0.6) is 0 Å². The number of para-hydroxylation sites is 1. The van der Waals surface area contributed by atoms with Crippen molar-refractivity contribution in [1.29, 1.82) is 0 Å². The quantitative estimate of drug-likeness (QED) is 0.729. The second-order valence-electron chi connectivity index (χ2n) is 7.09. The lowest BCUT2D eigenvalue weighted by atomic mass is 10.0. The fourth-order valence-electron chi connectivity index (χ4n) is 3.49. The minimum Gasteiger partial charge on any atom is -0.378 e. The molecule has 3 aromatic carbocycles. The van der Waals surface area contributed by atoms with E-state index in [1.165, 1.54) is 0 Å². The Morgan fingerprint density at radius 3 is 2.37 bits per heavy atom. The molecular weight excluding hydrogens is 334 g/mol. The van der Waals surface area contributed by atoms with E-state index in [-0.39, 0.29) is 12.1 Å². The predicted molar refractivity (Wildman–Crippen MR) is 112 cm³/mol. The van der Waals surface area contributed by atoms with Crippen LogP contribution in [0.1, 0.15) is 27.7 Å². The SMILES string of the molecule is Cc1cccc(N2C(=O)c3ccccc3N[C@@H]2c2ccc(N(C)C)cc2)c1. The third-order valence-corrected chi connectivity index (χ3v) is 4.93. The molecule has 1 aliphatic heterocycles. The van der Waals surface area contributed by atoms with E-state index < -0.39 is 0 Å². The van der Waals surface area contributed by atoms with E-state index in [0.29, 0.717) is 5.56 Å². The van der Waals surface area contributed by atoms with Crippen molar-refractivity contribution in [3.05, 3.63) is 89.5 Å². The molecule has 1 aliphatic rings. The van der Waals surface area contributed by atoms with Crippen molar-refractivity contribution in [3.8, 4) is 0 Å². The average molecular weight is 357 g/mol. The lowest BCUT2D eigenvalue weighted by Gasteiger charge is -2.38. The summed E-state index contributed by atoms with van der Waals surface area (Å²) in [4.78, 5) is 17.3. The first kappa shape index (κ1) is 17.2. The molecule has 1 N–H and O–H groups in total. The van der Waals surface area contributed by atoms with E-state index in [9.17, 15) is 4.79 Å². The molecule has 0 aliphatic carbocycles. The molecule has 0 radical (unpaired) electrons. The van der Waals surface area contributed by atoms with Gasteiger partial charge in [-0.3, -0.25) is 9.69 Å². The fourth-order valence-corrected chi connectivity index (χ4v) is 3.49. The number of amides is 1. The zero-order chi connectivity index (χ0) is 19.0. The van der Waals surface area contributed by atoms with Crippen molar-refractivity contribution in [3.63, 3.8) is 0 Å². The van der Waals surface area contributed by atoms with Crippen LogP contribution in [0.2, 0.25) is 0 Å². The summed E-state index contributed by atoms with van der Waals surface area (Å²) >= 11 is 0. The van der Waals surface area contributed by atoms with Crippen LogP contribution >= 0.6 is 0 Å². The maximum Gasteiger partial charge on any atom is 0.262 e. The number of rotatable bonds is 3. The van der Waals surface area contributed by atoms with Crippen LogP contribution in [0, 0.1) is 6.92 Å². The van der Waals surface area contributed by atoms with Crippen molar-refractivity contribution in [2.75, 3.05) is 29.2 Å². The Labute approximate surface area is 160 Å². The van der Waals surface area contributed by atoms with Crippen LogP contribution in [-0.2, 0) is 0 Å². The molecular formula is C23H23N3O. The second-order valence-corrected chi connectivity index (χ2v) is 7.09. The van der Waals surface area contributed by atoms with Crippen LogP contribution in [0.25, 0.3) is 0 Å². The van der Waals surface area contributed by atoms with Crippen LogP contribution in [0.3, 0.4) is 0 Å². The molecule has 4 rings (SSSR count). The van der Waals surface area contributed by atoms with Crippen molar-refractivity contribution in [1.82, 2.24) is 0 Å². The lowest BCUT2D eigenvalue weighted by molar-refractivity contribution is 0.0975. The summed E-state index contributed by atoms with van der Waals surface area (Å²) in [7, 11) is 4.04. The zero-order valence-corrected chi connectivity index (χ0v) is 15.8. The first-order chi connectivity index (χ1) is 13.0. The Morgan fingerprint density at radius 2 is 1.67 bits per heavy atom. The molecule has 1 heterocycles. The summed E-state index contributed by atoms with van der Waals surface area (Å²) in [6.45, 7) is 2.04. The van der Waals surface area contributed by atoms with E-state index in [1.54, 1.807) is 0 Å². The highest BCUT2D eigenvalue weighted by atomic mass is 16.2. The van der Waals surface area contributed by atoms with Gasteiger partial charge in [0.15, 0.2) is 0 Å². The third-order valence-electron chi connectivity index (χ3n) is 4.93. The third kappa shape index (κ3) is 3.14. The predicted octanol–water partition coefficient (Wildman–Crippen LogP) is 4.83. The minimum atomic E-state index is -0.259. The summed E-state index contributed by atoms with van der Waals surface area (Å²) in [6, 6.07) is 24.1. The van der Waals surface area contributed by atoms with Gasteiger partial charge in [-0.05, 0) is 54.4 Å². The largest absolute Gasteiger partial charge is 0.378 e. The smallest absolute Gasteiger partial charge is 0.262 e. The Hall–Kier alpha value is -3.27. The number of aryl methyl sites for hydroxylation is 1. The molecule has 1 amide bonds. The highest BCUT2D eigenvalue weighted by Crippen LogP contribution is 2.37. The maximum atomic E-state index is 13.4. The summed E-state index contributed by atoms with van der Waals surface area (Å²) < 4.78 is 0. The highest BCUT2D eigenvalue weighted by molar-refractivity contribution is 6.12. The monoisotopic (exact) mass is 357 g/mol. The number of fused-ring (bicyclic) bond motifs is 1. The highest BCUT2D eigenvalue weighted by Gasteiger charge is 2.33. The Balaban J connectivity index is 1.82. The van der Waals surface area contributed by atoms with Gasteiger partial charge in [-0.2, -0.15) is 0 Å². The van der Waals surface area contributed by atoms with Crippen LogP contribution < -0.4 is 15.1 Å². The molecule has 0 unspecified atom stereocenters. The summed E-state index contributed by atoms with van der Waals surface area (Å²) in [5.41, 5.74) is 5.76. The number of nitrogens with zero attached hydrogens (tertiary/aromatic N) is 2. The Kier molecular flexibility index (Phi) is 4.32. The van der Waals surface area contributed by atoms with Gasteiger partial charge in [0, 0.05) is 31.2 Å². The first-order valence-corrected chi connectivity index (χ1v) is 9.08. The van der Waals surface area contributed by atoms with E-state index in [4.69, 9.17) is 0 Å². The van der Waals surface area contributed by atoms with Gasteiger partial charge in [0.2, 0.25) is 0 Å². The topological polar surface area (TPSA) is 35.6 Å². The van der Waals surface area contributed by atoms with E-state index in [0.717, 1.165) is 28.2 Å². The number of hydrogen-bond acceptors (Lipinski definition) is 3. The van der Waals surface area contributed by atoms with Gasteiger partial charge < -0.3 is 10.2 Å². The molecule has 0 aromatic heterocycles. The number of benzene rings is 3. The van der Waals surface area contributed by atoms with Gasteiger partial charge in [0.05, 0.1) is 5.56 Å². The van der Waals surface area contributed by atoms with Gasteiger partial charge in [0.25, 0.3) is 5.91 Å².